The van der Waals surface area contributed by atoms with Gasteiger partial charge in [-0.15, -0.1) is 0 Å². The lowest BCUT2D eigenvalue weighted by Gasteiger charge is -2.32. The molecule has 0 saturated heterocycles. The molecular formula is C11H19BrN4O. The lowest BCUT2D eigenvalue weighted by molar-refractivity contribution is 0.378. The van der Waals surface area contributed by atoms with E-state index in [1.807, 2.05) is 11.8 Å². The molecule has 0 amide bonds. The van der Waals surface area contributed by atoms with Crippen LogP contribution in [0.5, 0.6) is 0 Å². The van der Waals surface area contributed by atoms with E-state index in [0.29, 0.717) is 16.8 Å². The third-order valence-corrected chi connectivity index (χ3v) is 3.35. The van der Waals surface area contributed by atoms with Gasteiger partial charge in [-0.25, -0.2) is 4.98 Å². The Morgan fingerprint density at radius 2 is 2.24 bits per heavy atom. The third-order valence-electron chi connectivity index (χ3n) is 2.63. The topological polar surface area (TPSA) is 75.0 Å². The SMILES string of the molecule is CCN(CC(C)(C)CN)c1nc[nH]c(=O)c1Br. The number of halogens is 1. The Balaban J connectivity index is 3.02. The highest BCUT2D eigenvalue weighted by molar-refractivity contribution is 9.10. The predicted octanol–water partition coefficient (Wildman–Crippen LogP) is 1.34. The Labute approximate surface area is 110 Å². The Morgan fingerprint density at radius 3 is 2.76 bits per heavy atom. The molecule has 5 nitrogen and oxygen atoms in total. The summed E-state index contributed by atoms with van der Waals surface area (Å²) in [5.41, 5.74) is 5.55. The minimum atomic E-state index is -0.168. The van der Waals surface area contributed by atoms with Crippen LogP contribution < -0.4 is 16.2 Å². The van der Waals surface area contributed by atoms with Gasteiger partial charge in [-0.05, 0) is 34.8 Å². The number of hydrogen-bond donors (Lipinski definition) is 2. The van der Waals surface area contributed by atoms with Crippen LogP contribution in [0.25, 0.3) is 0 Å². The number of rotatable bonds is 5. The van der Waals surface area contributed by atoms with Gasteiger partial charge in [-0.3, -0.25) is 4.79 Å². The minimum Gasteiger partial charge on any atom is -0.355 e. The number of hydrogen-bond acceptors (Lipinski definition) is 4. The summed E-state index contributed by atoms with van der Waals surface area (Å²) in [5.74, 6) is 0.665. The van der Waals surface area contributed by atoms with Gasteiger partial charge in [0.1, 0.15) is 10.3 Å². The summed E-state index contributed by atoms with van der Waals surface area (Å²) in [5, 5.41) is 0. The van der Waals surface area contributed by atoms with E-state index in [9.17, 15) is 4.79 Å². The van der Waals surface area contributed by atoms with Crippen LogP contribution in [0.2, 0.25) is 0 Å². The van der Waals surface area contributed by atoms with Crippen molar-refractivity contribution in [3.05, 3.63) is 21.2 Å². The van der Waals surface area contributed by atoms with Crippen LogP contribution in [0.15, 0.2) is 15.6 Å². The molecule has 1 rings (SSSR count). The Bertz CT molecular complexity index is 430. The molecule has 0 atom stereocenters. The average molecular weight is 303 g/mol. The molecule has 0 bridgehead atoms. The minimum absolute atomic E-state index is 0.0142. The molecule has 96 valence electrons. The molecule has 3 N–H and O–H groups in total. The molecule has 0 radical (unpaired) electrons. The second-order valence-electron chi connectivity index (χ2n) is 4.75. The van der Waals surface area contributed by atoms with Crippen molar-refractivity contribution < 1.29 is 0 Å². The summed E-state index contributed by atoms with van der Waals surface area (Å²) in [6.45, 7) is 8.34. The highest BCUT2D eigenvalue weighted by atomic mass is 79.9. The van der Waals surface area contributed by atoms with Crippen molar-refractivity contribution in [2.45, 2.75) is 20.8 Å². The van der Waals surface area contributed by atoms with Crippen LogP contribution in [0, 0.1) is 5.41 Å². The predicted molar refractivity (Wildman–Crippen MR) is 73.3 cm³/mol. The smallest absolute Gasteiger partial charge is 0.267 e. The fourth-order valence-electron chi connectivity index (χ4n) is 1.51. The largest absolute Gasteiger partial charge is 0.355 e. The molecule has 1 heterocycles. The first-order valence-corrected chi connectivity index (χ1v) is 6.39. The van der Waals surface area contributed by atoms with Crippen LogP contribution in [0.1, 0.15) is 20.8 Å². The summed E-state index contributed by atoms with van der Waals surface area (Å²) in [6, 6.07) is 0. The van der Waals surface area contributed by atoms with Crippen molar-refractivity contribution in [1.82, 2.24) is 9.97 Å². The Kier molecular flexibility index (Phi) is 4.70. The summed E-state index contributed by atoms with van der Waals surface area (Å²) in [6.07, 6.45) is 1.42. The first-order chi connectivity index (χ1) is 7.91. The fraction of sp³-hybridized carbons (Fsp3) is 0.636. The van der Waals surface area contributed by atoms with Gasteiger partial charge in [0.05, 0.1) is 6.33 Å². The second kappa shape index (κ2) is 5.64. The number of nitrogens with zero attached hydrogens (tertiary/aromatic N) is 2. The van der Waals surface area contributed by atoms with Gasteiger partial charge in [0.2, 0.25) is 0 Å². The number of H-pyrrole nitrogens is 1. The zero-order valence-electron chi connectivity index (χ0n) is 10.5. The van der Waals surface area contributed by atoms with Crippen LogP contribution in [0.4, 0.5) is 5.82 Å². The Morgan fingerprint density at radius 1 is 1.59 bits per heavy atom. The van der Waals surface area contributed by atoms with Crippen molar-refractivity contribution in [3.63, 3.8) is 0 Å². The molecular weight excluding hydrogens is 284 g/mol. The van der Waals surface area contributed by atoms with Gasteiger partial charge in [0, 0.05) is 13.1 Å². The summed E-state index contributed by atoms with van der Waals surface area (Å²) < 4.78 is 0.467. The summed E-state index contributed by atoms with van der Waals surface area (Å²) >= 11 is 3.27. The maximum atomic E-state index is 11.5. The van der Waals surface area contributed by atoms with E-state index in [4.69, 9.17) is 5.73 Å². The van der Waals surface area contributed by atoms with Gasteiger partial charge < -0.3 is 15.6 Å². The van der Waals surface area contributed by atoms with Crippen LogP contribution in [0.3, 0.4) is 0 Å². The van der Waals surface area contributed by atoms with Gasteiger partial charge in [-0.1, -0.05) is 13.8 Å². The summed E-state index contributed by atoms with van der Waals surface area (Å²) in [7, 11) is 0. The van der Waals surface area contributed by atoms with E-state index in [2.05, 4.69) is 39.7 Å². The van der Waals surface area contributed by atoms with Gasteiger partial charge in [0.25, 0.3) is 5.56 Å². The van der Waals surface area contributed by atoms with Gasteiger partial charge >= 0.3 is 0 Å². The first-order valence-electron chi connectivity index (χ1n) is 5.59. The molecule has 17 heavy (non-hydrogen) atoms. The van der Waals surface area contributed by atoms with E-state index in [-0.39, 0.29) is 11.0 Å². The number of nitrogens with two attached hydrogens (primary N) is 1. The van der Waals surface area contributed by atoms with Crippen LogP contribution in [-0.2, 0) is 0 Å². The van der Waals surface area contributed by atoms with E-state index >= 15 is 0 Å². The molecule has 0 aliphatic rings. The lowest BCUT2D eigenvalue weighted by atomic mass is 9.93. The average Bonchev–Trinajstić information content (AvgIpc) is 2.30. The zero-order chi connectivity index (χ0) is 13.1. The number of aromatic nitrogens is 2. The van der Waals surface area contributed by atoms with Crippen molar-refractivity contribution in [2.75, 3.05) is 24.5 Å². The molecule has 1 aromatic heterocycles. The fourth-order valence-corrected chi connectivity index (χ4v) is 1.98. The normalized spacial score (nSPS) is 11.6. The zero-order valence-corrected chi connectivity index (χ0v) is 12.0. The maximum Gasteiger partial charge on any atom is 0.267 e. The molecule has 0 aliphatic heterocycles. The highest BCUT2D eigenvalue weighted by Crippen LogP contribution is 2.23. The van der Waals surface area contributed by atoms with E-state index in [1.54, 1.807) is 0 Å². The molecule has 6 heteroatoms. The van der Waals surface area contributed by atoms with E-state index < -0.39 is 0 Å². The maximum absolute atomic E-state index is 11.5. The van der Waals surface area contributed by atoms with Gasteiger partial charge in [-0.2, -0.15) is 0 Å². The molecule has 0 unspecified atom stereocenters. The van der Waals surface area contributed by atoms with Crippen molar-refractivity contribution in [3.8, 4) is 0 Å². The van der Waals surface area contributed by atoms with Crippen molar-refractivity contribution >= 4 is 21.7 Å². The molecule has 0 saturated carbocycles. The molecule has 0 aliphatic carbocycles. The lowest BCUT2D eigenvalue weighted by Crippen LogP contribution is -2.39. The molecule has 0 fully saturated rings. The first kappa shape index (κ1) is 14.2. The highest BCUT2D eigenvalue weighted by Gasteiger charge is 2.22. The molecule has 0 aromatic carbocycles. The molecule has 0 spiro atoms. The van der Waals surface area contributed by atoms with Crippen LogP contribution >= 0.6 is 15.9 Å². The van der Waals surface area contributed by atoms with E-state index in [1.165, 1.54) is 6.33 Å². The molecule has 1 aromatic rings. The monoisotopic (exact) mass is 302 g/mol. The van der Waals surface area contributed by atoms with Crippen molar-refractivity contribution in [2.24, 2.45) is 11.1 Å². The van der Waals surface area contributed by atoms with E-state index in [0.717, 1.165) is 13.1 Å². The second-order valence-corrected chi connectivity index (χ2v) is 5.54. The van der Waals surface area contributed by atoms with Crippen LogP contribution in [-0.4, -0.2) is 29.6 Å². The Hall–Kier alpha value is -0.880. The number of nitrogens with one attached hydrogen (secondary N) is 1. The third kappa shape index (κ3) is 3.54. The quantitative estimate of drug-likeness (QED) is 0.861. The number of aromatic amines is 1. The van der Waals surface area contributed by atoms with Crippen molar-refractivity contribution in [1.29, 1.82) is 0 Å². The van der Waals surface area contributed by atoms with Gasteiger partial charge in [0.15, 0.2) is 0 Å². The number of anilines is 1. The summed E-state index contributed by atoms with van der Waals surface area (Å²) in [4.78, 5) is 20.3. The standard InChI is InChI=1S/C11H19BrN4O/c1-4-16(6-11(2,3)5-13)9-8(12)10(17)15-7-14-9/h7H,4-6,13H2,1-3H3,(H,14,15,17).